The van der Waals surface area contributed by atoms with E-state index in [0.717, 1.165) is 75.1 Å². The number of hydrogen-bond donors (Lipinski definition) is 1. The Morgan fingerprint density at radius 2 is 2.03 bits per heavy atom. The Morgan fingerprint density at radius 3 is 2.83 bits per heavy atom. The largest absolute Gasteiger partial charge is 0.454 e. The van der Waals surface area contributed by atoms with Gasteiger partial charge in [-0.3, -0.25) is 0 Å². The van der Waals surface area contributed by atoms with Gasteiger partial charge in [0.05, 0.1) is 25.4 Å². The van der Waals surface area contributed by atoms with Crippen molar-refractivity contribution in [2.75, 3.05) is 39.6 Å². The Morgan fingerprint density at radius 1 is 1.17 bits per heavy atom. The Balaban J connectivity index is 1.27. The fraction of sp³-hybridized carbons (Fsp3) is 0.682. The lowest BCUT2D eigenvalue weighted by Gasteiger charge is -2.35. The lowest BCUT2D eigenvalue weighted by Crippen LogP contribution is -2.47. The van der Waals surface area contributed by atoms with Crippen molar-refractivity contribution in [2.24, 2.45) is 4.99 Å². The molecule has 0 aliphatic carbocycles. The van der Waals surface area contributed by atoms with Crippen molar-refractivity contribution in [1.29, 1.82) is 0 Å². The molecule has 1 N–H and O–H groups in total. The van der Waals surface area contributed by atoms with Gasteiger partial charge in [-0.1, -0.05) is 6.07 Å². The molecule has 1 unspecified atom stereocenters. The summed E-state index contributed by atoms with van der Waals surface area (Å²) < 4.78 is 22.8. The highest BCUT2D eigenvalue weighted by atomic mass is 16.7. The molecular weight excluding hydrogens is 370 g/mol. The van der Waals surface area contributed by atoms with Gasteiger partial charge in [-0.15, -0.1) is 0 Å². The predicted octanol–water partition coefficient (Wildman–Crippen LogP) is 2.93. The number of aliphatic imine (C=N–C) groups is 1. The van der Waals surface area contributed by atoms with Crippen molar-refractivity contribution < 1.29 is 18.9 Å². The summed E-state index contributed by atoms with van der Waals surface area (Å²) >= 11 is 0. The molecule has 0 saturated carbocycles. The molecule has 7 nitrogen and oxygen atoms in total. The van der Waals surface area contributed by atoms with Crippen LogP contribution in [0.1, 0.15) is 44.6 Å². The predicted molar refractivity (Wildman–Crippen MR) is 112 cm³/mol. The van der Waals surface area contributed by atoms with Gasteiger partial charge in [-0.25, -0.2) is 4.99 Å². The van der Waals surface area contributed by atoms with Crippen LogP contribution >= 0.6 is 0 Å². The summed E-state index contributed by atoms with van der Waals surface area (Å²) in [7, 11) is 0. The summed E-state index contributed by atoms with van der Waals surface area (Å²) in [6.45, 7) is 7.43. The van der Waals surface area contributed by atoms with Crippen molar-refractivity contribution >= 4 is 5.96 Å². The zero-order chi connectivity index (χ0) is 19.9. The number of piperidine rings is 1. The first-order valence-corrected chi connectivity index (χ1v) is 11.0. The normalized spacial score (nSPS) is 22.7. The second-order valence-corrected chi connectivity index (χ2v) is 7.87. The van der Waals surface area contributed by atoms with Crippen molar-refractivity contribution in [3.63, 3.8) is 0 Å². The quantitative estimate of drug-likeness (QED) is 0.582. The third-order valence-corrected chi connectivity index (χ3v) is 5.72. The van der Waals surface area contributed by atoms with E-state index in [1.165, 1.54) is 12.8 Å². The topological polar surface area (TPSA) is 64.6 Å². The Bertz CT molecular complexity index is 683. The van der Waals surface area contributed by atoms with E-state index in [1.807, 2.05) is 18.2 Å². The summed E-state index contributed by atoms with van der Waals surface area (Å²) in [5, 5.41) is 3.43. The molecule has 7 heteroatoms. The van der Waals surface area contributed by atoms with Gasteiger partial charge >= 0.3 is 0 Å². The van der Waals surface area contributed by atoms with E-state index in [2.05, 4.69) is 17.1 Å². The maximum absolute atomic E-state index is 6.14. The van der Waals surface area contributed by atoms with E-state index in [-0.39, 0.29) is 0 Å². The number of likely N-dealkylation sites (tertiary alicyclic amines) is 1. The van der Waals surface area contributed by atoms with Crippen LogP contribution in [0.15, 0.2) is 23.2 Å². The second kappa shape index (κ2) is 10.2. The molecule has 1 aromatic rings. The maximum atomic E-state index is 6.14. The van der Waals surface area contributed by atoms with Crippen LogP contribution in [0.25, 0.3) is 0 Å². The van der Waals surface area contributed by atoms with Crippen LogP contribution in [0, 0.1) is 0 Å². The molecule has 2 fully saturated rings. The first-order chi connectivity index (χ1) is 14.3. The van der Waals surface area contributed by atoms with Crippen molar-refractivity contribution in [1.82, 2.24) is 10.2 Å². The van der Waals surface area contributed by atoms with Gasteiger partial charge in [0.1, 0.15) is 0 Å². The van der Waals surface area contributed by atoms with Gasteiger partial charge in [0.2, 0.25) is 6.79 Å². The summed E-state index contributed by atoms with van der Waals surface area (Å²) in [5.74, 6) is 2.59. The van der Waals surface area contributed by atoms with Crippen LogP contribution in [-0.4, -0.2) is 62.7 Å². The van der Waals surface area contributed by atoms with Crippen LogP contribution in [0.3, 0.4) is 0 Å². The monoisotopic (exact) mass is 403 g/mol. The smallest absolute Gasteiger partial charge is 0.231 e. The number of hydrogen-bond acceptors (Lipinski definition) is 5. The van der Waals surface area contributed by atoms with Gasteiger partial charge in [0.25, 0.3) is 0 Å². The molecular formula is C22H33N3O4. The minimum atomic E-state index is 0.294. The third-order valence-electron chi connectivity index (χ3n) is 5.72. The minimum Gasteiger partial charge on any atom is -0.454 e. The molecule has 0 amide bonds. The third kappa shape index (κ3) is 5.54. The minimum absolute atomic E-state index is 0.294. The number of benzene rings is 1. The molecule has 1 atom stereocenters. The van der Waals surface area contributed by atoms with Gasteiger partial charge in [0.15, 0.2) is 17.5 Å². The van der Waals surface area contributed by atoms with Gasteiger partial charge in [-0.05, 0) is 56.7 Å². The number of nitrogens with one attached hydrogen (secondary N) is 1. The molecule has 0 spiro atoms. The molecule has 29 heavy (non-hydrogen) atoms. The fourth-order valence-electron chi connectivity index (χ4n) is 4.05. The van der Waals surface area contributed by atoms with E-state index >= 15 is 0 Å². The molecule has 0 aromatic heterocycles. The van der Waals surface area contributed by atoms with Crippen molar-refractivity contribution in [3.05, 3.63) is 23.8 Å². The molecule has 1 aromatic carbocycles. The van der Waals surface area contributed by atoms with E-state index < -0.39 is 0 Å². The van der Waals surface area contributed by atoms with Crippen LogP contribution in [-0.2, 0) is 16.0 Å². The Kier molecular flexibility index (Phi) is 7.11. The molecule has 3 aliphatic rings. The molecule has 160 valence electrons. The SMILES string of the molecule is CCNC(=NCc1ccc2c(c1)OCO2)N1CCC(OCC2CCCCO2)CC1. The second-order valence-electron chi connectivity index (χ2n) is 7.87. The number of nitrogens with zero attached hydrogens (tertiary/aromatic N) is 2. The number of guanidine groups is 1. The first-order valence-electron chi connectivity index (χ1n) is 11.0. The lowest BCUT2D eigenvalue weighted by atomic mass is 10.1. The van der Waals surface area contributed by atoms with Gasteiger partial charge < -0.3 is 29.2 Å². The first kappa shape index (κ1) is 20.3. The van der Waals surface area contributed by atoms with Gasteiger partial charge in [-0.2, -0.15) is 0 Å². The number of rotatable bonds is 6. The molecule has 3 heterocycles. The van der Waals surface area contributed by atoms with Crippen molar-refractivity contribution in [2.45, 2.75) is 57.8 Å². The molecule has 2 saturated heterocycles. The van der Waals surface area contributed by atoms with E-state index in [1.54, 1.807) is 0 Å². The summed E-state index contributed by atoms with van der Waals surface area (Å²) in [5.41, 5.74) is 1.12. The maximum Gasteiger partial charge on any atom is 0.231 e. The fourth-order valence-corrected chi connectivity index (χ4v) is 4.05. The number of ether oxygens (including phenoxy) is 4. The zero-order valence-corrected chi connectivity index (χ0v) is 17.4. The number of fused-ring (bicyclic) bond motifs is 1. The highest BCUT2D eigenvalue weighted by molar-refractivity contribution is 5.80. The van der Waals surface area contributed by atoms with Crippen LogP contribution in [0.5, 0.6) is 11.5 Å². The molecule has 4 rings (SSSR count). The molecule has 0 radical (unpaired) electrons. The molecule has 3 aliphatic heterocycles. The average Bonchev–Trinajstić information content (AvgIpc) is 3.24. The highest BCUT2D eigenvalue weighted by Crippen LogP contribution is 2.32. The summed E-state index contributed by atoms with van der Waals surface area (Å²) in [6, 6.07) is 6.02. The Labute approximate surface area is 173 Å². The summed E-state index contributed by atoms with van der Waals surface area (Å²) in [4.78, 5) is 7.19. The zero-order valence-electron chi connectivity index (χ0n) is 17.4. The Hall–Kier alpha value is -1.99. The van der Waals surface area contributed by atoms with Crippen molar-refractivity contribution in [3.8, 4) is 11.5 Å². The van der Waals surface area contributed by atoms with Crippen LogP contribution in [0.4, 0.5) is 0 Å². The molecule has 0 bridgehead atoms. The summed E-state index contributed by atoms with van der Waals surface area (Å²) in [6.07, 6.45) is 6.26. The van der Waals surface area contributed by atoms with E-state index in [0.29, 0.717) is 25.5 Å². The van der Waals surface area contributed by atoms with Gasteiger partial charge in [0, 0.05) is 26.2 Å². The van der Waals surface area contributed by atoms with E-state index in [9.17, 15) is 0 Å². The van der Waals surface area contributed by atoms with E-state index in [4.69, 9.17) is 23.9 Å². The standard InChI is InChI=1S/C22H33N3O4/c1-2-23-22(24-14-17-6-7-20-21(13-17)29-16-28-20)25-10-8-18(9-11-25)27-15-19-5-3-4-12-26-19/h6-7,13,18-19H,2-5,8-12,14-16H2,1H3,(H,23,24). The average molecular weight is 404 g/mol. The highest BCUT2D eigenvalue weighted by Gasteiger charge is 2.24. The van der Waals surface area contributed by atoms with Crippen LogP contribution < -0.4 is 14.8 Å². The lowest BCUT2D eigenvalue weighted by molar-refractivity contribution is -0.0721. The van der Waals surface area contributed by atoms with Crippen LogP contribution in [0.2, 0.25) is 0 Å².